The molecule has 3 atom stereocenters. The summed E-state index contributed by atoms with van der Waals surface area (Å²) in [5.74, 6) is 0.768. The van der Waals surface area contributed by atoms with Crippen molar-refractivity contribution in [2.24, 2.45) is 5.92 Å². The van der Waals surface area contributed by atoms with Gasteiger partial charge in [-0.2, -0.15) is 0 Å². The molecule has 1 aromatic rings. The maximum absolute atomic E-state index is 3.64. The van der Waals surface area contributed by atoms with Crippen LogP contribution in [0.5, 0.6) is 0 Å². The summed E-state index contributed by atoms with van der Waals surface area (Å²) in [5, 5.41) is 3.64. The third kappa shape index (κ3) is 1.74. The molecular formula is C15H20BrN3. The van der Waals surface area contributed by atoms with Gasteiger partial charge in [-0.05, 0) is 24.7 Å². The lowest BCUT2D eigenvalue weighted by Gasteiger charge is -2.63. The predicted octanol–water partition coefficient (Wildman–Crippen LogP) is 1.49. The monoisotopic (exact) mass is 321 g/mol. The minimum atomic E-state index is 0.273. The lowest BCUT2D eigenvalue weighted by atomic mass is 9.62. The van der Waals surface area contributed by atoms with Gasteiger partial charge in [0.1, 0.15) is 0 Å². The van der Waals surface area contributed by atoms with E-state index in [-0.39, 0.29) is 5.41 Å². The molecule has 4 heteroatoms. The van der Waals surface area contributed by atoms with E-state index in [9.17, 15) is 0 Å². The van der Waals surface area contributed by atoms with E-state index in [0.29, 0.717) is 6.04 Å². The third-order valence-electron chi connectivity index (χ3n) is 5.19. The van der Waals surface area contributed by atoms with Crippen molar-refractivity contribution in [1.82, 2.24) is 15.1 Å². The first-order valence-corrected chi connectivity index (χ1v) is 7.89. The van der Waals surface area contributed by atoms with E-state index in [1.807, 2.05) is 0 Å². The topological polar surface area (TPSA) is 18.5 Å². The highest BCUT2D eigenvalue weighted by Crippen LogP contribution is 2.44. The molecule has 0 aromatic heterocycles. The molecule has 4 heterocycles. The maximum atomic E-state index is 3.64. The van der Waals surface area contributed by atoms with Crippen molar-refractivity contribution in [3.8, 4) is 0 Å². The van der Waals surface area contributed by atoms with E-state index >= 15 is 0 Å². The molecular weight excluding hydrogens is 302 g/mol. The molecule has 0 aliphatic carbocycles. The van der Waals surface area contributed by atoms with Crippen molar-refractivity contribution in [2.75, 3.05) is 39.9 Å². The highest BCUT2D eigenvalue weighted by Gasteiger charge is 2.56. The van der Waals surface area contributed by atoms with Gasteiger partial charge in [-0.1, -0.05) is 28.1 Å². The second-order valence-corrected chi connectivity index (χ2v) is 7.27. The van der Waals surface area contributed by atoms with E-state index < -0.39 is 0 Å². The first-order chi connectivity index (χ1) is 9.21. The highest BCUT2D eigenvalue weighted by molar-refractivity contribution is 9.10. The van der Waals surface area contributed by atoms with Crippen LogP contribution in [0.4, 0.5) is 0 Å². The van der Waals surface area contributed by atoms with Crippen LogP contribution >= 0.6 is 15.9 Å². The van der Waals surface area contributed by atoms with Gasteiger partial charge in [0.25, 0.3) is 0 Å². The zero-order valence-corrected chi connectivity index (χ0v) is 12.9. The summed E-state index contributed by atoms with van der Waals surface area (Å²) in [6.07, 6.45) is 0. The average Bonchev–Trinajstić information content (AvgIpc) is 2.38. The fourth-order valence-corrected chi connectivity index (χ4v) is 4.98. The number of hydrogen-bond acceptors (Lipinski definition) is 3. The Labute approximate surface area is 123 Å². The van der Waals surface area contributed by atoms with Crippen LogP contribution in [-0.4, -0.2) is 55.7 Å². The van der Waals surface area contributed by atoms with E-state index in [1.165, 1.54) is 42.9 Å². The van der Waals surface area contributed by atoms with Gasteiger partial charge < -0.3 is 5.32 Å². The molecule has 5 rings (SSSR count). The lowest BCUT2D eigenvalue weighted by molar-refractivity contribution is -0.106. The van der Waals surface area contributed by atoms with E-state index in [2.05, 4.69) is 62.4 Å². The smallest absolute Gasteiger partial charge is 0.0507 e. The van der Waals surface area contributed by atoms with Crippen LogP contribution in [0.25, 0.3) is 0 Å². The Morgan fingerprint density at radius 3 is 2.37 bits per heavy atom. The molecule has 19 heavy (non-hydrogen) atoms. The van der Waals surface area contributed by atoms with Gasteiger partial charge in [0, 0.05) is 48.0 Å². The van der Waals surface area contributed by atoms with Crippen molar-refractivity contribution < 1.29 is 0 Å². The van der Waals surface area contributed by atoms with Crippen molar-refractivity contribution in [1.29, 1.82) is 0 Å². The second kappa shape index (κ2) is 4.29. The van der Waals surface area contributed by atoms with E-state index in [1.54, 1.807) is 0 Å². The molecule has 0 spiro atoms. The SMILES string of the molecule is CNC1C2CN3CN(C2)CC1(c1ccc(Br)cc1)C3. The van der Waals surface area contributed by atoms with Crippen molar-refractivity contribution in [3.63, 3.8) is 0 Å². The standard InChI is InChI=1S/C15H20BrN3/c1-17-14-11-6-18-8-15(14,9-19(7-11)10-18)12-2-4-13(16)5-3-12/h2-5,11,14,17H,6-10H2,1H3. The Hall–Kier alpha value is -0.420. The van der Waals surface area contributed by atoms with Crippen molar-refractivity contribution in [2.45, 2.75) is 11.5 Å². The zero-order valence-electron chi connectivity index (χ0n) is 11.3. The second-order valence-electron chi connectivity index (χ2n) is 6.35. The van der Waals surface area contributed by atoms with Gasteiger partial charge in [-0.25, -0.2) is 0 Å². The number of benzene rings is 1. The number of halogens is 1. The summed E-state index contributed by atoms with van der Waals surface area (Å²) in [6, 6.07) is 9.60. The maximum Gasteiger partial charge on any atom is 0.0507 e. The molecule has 0 amide bonds. The summed E-state index contributed by atoms with van der Waals surface area (Å²) in [5.41, 5.74) is 1.77. The molecule has 3 unspecified atom stereocenters. The summed E-state index contributed by atoms with van der Waals surface area (Å²) < 4.78 is 1.17. The molecule has 0 saturated carbocycles. The largest absolute Gasteiger partial charge is 0.316 e. The molecule has 4 fully saturated rings. The van der Waals surface area contributed by atoms with Crippen LogP contribution in [0.15, 0.2) is 28.7 Å². The number of rotatable bonds is 2. The van der Waals surface area contributed by atoms with Crippen LogP contribution in [-0.2, 0) is 5.41 Å². The Morgan fingerprint density at radius 1 is 1.16 bits per heavy atom. The summed E-state index contributed by atoms with van der Waals surface area (Å²) in [6.45, 7) is 6.10. The fourth-order valence-electron chi connectivity index (χ4n) is 4.71. The normalized spacial score (nSPS) is 43.7. The summed E-state index contributed by atoms with van der Waals surface area (Å²) >= 11 is 3.55. The quantitative estimate of drug-likeness (QED) is 0.890. The molecule has 1 N–H and O–H groups in total. The first kappa shape index (κ1) is 12.3. The summed E-state index contributed by atoms with van der Waals surface area (Å²) in [4.78, 5) is 5.26. The third-order valence-corrected chi connectivity index (χ3v) is 5.72. The van der Waals surface area contributed by atoms with Gasteiger partial charge in [-0.15, -0.1) is 0 Å². The molecule has 0 radical (unpaired) electrons. The van der Waals surface area contributed by atoms with E-state index in [4.69, 9.17) is 0 Å². The van der Waals surface area contributed by atoms with Gasteiger partial charge in [0.2, 0.25) is 0 Å². The highest BCUT2D eigenvalue weighted by atomic mass is 79.9. The molecule has 4 aliphatic heterocycles. The minimum Gasteiger partial charge on any atom is -0.316 e. The number of piperidine rings is 2. The Balaban J connectivity index is 1.79. The number of nitrogens with one attached hydrogen (secondary N) is 1. The van der Waals surface area contributed by atoms with Gasteiger partial charge in [-0.3, -0.25) is 9.80 Å². The molecule has 102 valence electrons. The van der Waals surface area contributed by atoms with Crippen LogP contribution in [0.3, 0.4) is 0 Å². The molecule has 3 nitrogen and oxygen atoms in total. The number of hydrogen-bond donors (Lipinski definition) is 1. The molecule has 4 aliphatic rings. The Morgan fingerprint density at radius 2 is 1.79 bits per heavy atom. The molecule has 4 saturated heterocycles. The van der Waals surface area contributed by atoms with Crippen LogP contribution < -0.4 is 5.32 Å². The van der Waals surface area contributed by atoms with Crippen molar-refractivity contribution >= 4 is 15.9 Å². The molecule has 1 aromatic carbocycles. The van der Waals surface area contributed by atoms with Gasteiger partial charge >= 0.3 is 0 Å². The van der Waals surface area contributed by atoms with Crippen LogP contribution in [0, 0.1) is 5.92 Å². The number of likely N-dealkylation sites (N-methyl/N-ethyl adjacent to an activating group) is 1. The van der Waals surface area contributed by atoms with Gasteiger partial charge in [0.15, 0.2) is 0 Å². The predicted molar refractivity (Wildman–Crippen MR) is 80.2 cm³/mol. The van der Waals surface area contributed by atoms with E-state index in [0.717, 1.165) is 5.92 Å². The lowest BCUT2D eigenvalue weighted by Crippen LogP contribution is -2.77. The van der Waals surface area contributed by atoms with Gasteiger partial charge in [0.05, 0.1) is 6.67 Å². The Kier molecular flexibility index (Phi) is 2.78. The van der Waals surface area contributed by atoms with Crippen LogP contribution in [0.1, 0.15) is 5.56 Å². The fraction of sp³-hybridized carbons (Fsp3) is 0.600. The van der Waals surface area contributed by atoms with Crippen molar-refractivity contribution in [3.05, 3.63) is 34.3 Å². The van der Waals surface area contributed by atoms with Crippen LogP contribution in [0.2, 0.25) is 0 Å². The average molecular weight is 322 g/mol. The minimum absolute atomic E-state index is 0.273. The summed E-state index contributed by atoms with van der Waals surface area (Å²) in [7, 11) is 2.14. The number of nitrogens with zero attached hydrogens (tertiary/aromatic N) is 2. The zero-order chi connectivity index (χ0) is 13.0. The Bertz CT molecular complexity index is 473. The molecule has 4 bridgehead atoms. The first-order valence-electron chi connectivity index (χ1n) is 7.09.